The summed E-state index contributed by atoms with van der Waals surface area (Å²) in [5.41, 5.74) is 5.96. The number of anilines is 1. The molecule has 0 spiro atoms. The highest BCUT2D eigenvalue weighted by molar-refractivity contribution is 5.92. The van der Waals surface area contributed by atoms with Gasteiger partial charge in [0.25, 0.3) is 0 Å². The molecule has 0 saturated carbocycles. The summed E-state index contributed by atoms with van der Waals surface area (Å²) in [6.45, 7) is 5.92. The van der Waals surface area contributed by atoms with E-state index in [-0.39, 0.29) is 24.0 Å². The highest BCUT2D eigenvalue weighted by Gasteiger charge is 2.25. The fourth-order valence-corrected chi connectivity index (χ4v) is 1.79. The van der Waals surface area contributed by atoms with Crippen LogP contribution in [0.2, 0.25) is 0 Å². The van der Waals surface area contributed by atoms with Crippen LogP contribution in [0, 0.1) is 0 Å². The zero-order valence-corrected chi connectivity index (χ0v) is 12.1. The van der Waals surface area contributed by atoms with Crippen molar-refractivity contribution in [2.24, 2.45) is 0 Å². The van der Waals surface area contributed by atoms with E-state index in [2.05, 4.69) is 5.10 Å². The molecule has 0 aliphatic heterocycles. The van der Waals surface area contributed by atoms with Gasteiger partial charge in [0.05, 0.1) is 18.9 Å². The number of nitrogens with two attached hydrogens (primary N) is 1. The molecule has 0 aliphatic carbocycles. The van der Waals surface area contributed by atoms with Gasteiger partial charge in [0.2, 0.25) is 0 Å². The summed E-state index contributed by atoms with van der Waals surface area (Å²) < 4.78 is 11.2. The molecule has 0 aromatic carbocycles. The lowest BCUT2D eigenvalue weighted by molar-refractivity contribution is -0.147. The van der Waals surface area contributed by atoms with Crippen LogP contribution in [0.5, 0.6) is 0 Å². The van der Waals surface area contributed by atoms with Gasteiger partial charge in [-0.3, -0.25) is 4.68 Å². The molecule has 1 aromatic heterocycles. The molecule has 0 fully saturated rings. The van der Waals surface area contributed by atoms with Gasteiger partial charge in [-0.05, 0) is 20.3 Å². The lowest BCUT2D eigenvalue weighted by Gasteiger charge is -2.14. The van der Waals surface area contributed by atoms with Crippen molar-refractivity contribution in [3.05, 3.63) is 11.9 Å². The van der Waals surface area contributed by atoms with Crippen LogP contribution in [0.1, 0.15) is 50.1 Å². The molecule has 0 aliphatic rings. The van der Waals surface area contributed by atoms with Gasteiger partial charge >= 0.3 is 11.9 Å². The molecule has 2 N–H and O–H groups in total. The summed E-state index contributed by atoms with van der Waals surface area (Å²) in [5, 5.41) is 4.07. The average molecular weight is 283 g/mol. The topological polar surface area (TPSA) is 96.4 Å². The fraction of sp³-hybridized carbons (Fsp3) is 0.615. The van der Waals surface area contributed by atoms with Gasteiger partial charge in [-0.15, -0.1) is 0 Å². The largest absolute Gasteiger partial charge is 0.464 e. The fourth-order valence-electron chi connectivity index (χ4n) is 1.79. The second kappa shape index (κ2) is 7.52. The van der Waals surface area contributed by atoms with Crippen LogP contribution < -0.4 is 5.73 Å². The molecule has 0 radical (unpaired) electrons. The van der Waals surface area contributed by atoms with Crippen LogP contribution in [0.15, 0.2) is 6.20 Å². The van der Waals surface area contributed by atoms with Gasteiger partial charge in [-0.1, -0.05) is 13.3 Å². The first-order chi connectivity index (χ1) is 9.54. The van der Waals surface area contributed by atoms with E-state index in [4.69, 9.17) is 15.2 Å². The van der Waals surface area contributed by atoms with Gasteiger partial charge in [-0.25, -0.2) is 9.59 Å². The van der Waals surface area contributed by atoms with E-state index in [1.807, 2.05) is 6.92 Å². The summed E-state index contributed by atoms with van der Waals surface area (Å²) >= 11 is 0. The predicted molar refractivity (Wildman–Crippen MR) is 73.2 cm³/mol. The molecule has 0 saturated heterocycles. The molecule has 1 heterocycles. The monoisotopic (exact) mass is 283 g/mol. The first-order valence-corrected chi connectivity index (χ1v) is 6.73. The summed E-state index contributed by atoms with van der Waals surface area (Å²) in [7, 11) is 0. The number of nitrogen functional groups attached to an aromatic ring is 1. The average Bonchev–Trinajstić information content (AvgIpc) is 2.78. The van der Waals surface area contributed by atoms with Gasteiger partial charge in [0, 0.05) is 6.20 Å². The van der Waals surface area contributed by atoms with E-state index in [1.165, 1.54) is 10.9 Å². The van der Waals surface area contributed by atoms with Crippen LogP contribution in [-0.2, 0) is 14.3 Å². The smallest absolute Gasteiger partial charge is 0.361 e. The Morgan fingerprint density at radius 2 is 1.95 bits per heavy atom. The maximum Gasteiger partial charge on any atom is 0.361 e. The molecule has 7 heteroatoms. The second-order valence-corrected chi connectivity index (χ2v) is 4.19. The van der Waals surface area contributed by atoms with Crippen molar-refractivity contribution in [1.29, 1.82) is 0 Å². The van der Waals surface area contributed by atoms with Gasteiger partial charge in [-0.2, -0.15) is 5.10 Å². The number of carbonyl (C=O) groups excluding carboxylic acids is 2. The van der Waals surface area contributed by atoms with E-state index in [0.29, 0.717) is 13.0 Å². The SMILES string of the molecule is CCCC(C(=O)OCC)n1cc(N)c(C(=O)OCC)n1. The van der Waals surface area contributed by atoms with E-state index < -0.39 is 12.0 Å². The van der Waals surface area contributed by atoms with Crippen molar-refractivity contribution in [3.8, 4) is 0 Å². The summed E-state index contributed by atoms with van der Waals surface area (Å²) in [6.07, 6.45) is 2.80. The molecule has 0 amide bonds. The quantitative estimate of drug-likeness (QED) is 0.762. The van der Waals surface area contributed by atoms with E-state index >= 15 is 0 Å². The molecule has 1 aromatic rings. The van der Waals surface area contributed by atoms with Crippen molar-refractivity contribution in [3.63, 3.8) is 0 Å². The van der Waals surface area contributed by atoms with Crippen LogP contribution in [0.3, 0.4) is 0 Å². The standard InChI is InChI=1S/C13H21N3O4/c1-4-7-10(12(17)19-5-2)16-8-9(14)11(15-16)13(18)20-6-3/h8,10H,4-7,14H2,1-3H3. The number of hydrogen-bond donors (Lipinski definition) is 1. The Morgan fingerprint density at radius 3 is 2.50 bits per heavy atom. The number of rotatable bonds is 7. The molecule has 20 heavy (non-hydrogen) atoms. The minimum Gasteiger partial charge on any atom is -0.464 e. The second-order valence-electron chi connectivity index (χ2n) is 4.19. The number of esters is 2. The third kappa shape index (κ3) is 3.72. The van der Waals surface area contributed by atoms with Crippen molar-refractivity contribution in [2.75, 3.05) is 18.9 Å². The Morgan fingerprint density at radius 1 is 1.30 bits per heavy atom. The Bertz CT molecular complexity index is 470. The zero-order valence-electron chi connectivity index (χ0n) is 12.1. The minimum absolute atomic E-state index is 0.0252. The molecule has 7 nitrogen and oxygen atoms in total. The third-order valence-electron chi connectivity index (χ3n) is 2.67. The normalized spacial score (nSPS) is 11.9. The first-order valence-electron chi connectivity index (χ1n) is 6.73. The number of hydrogen-bond acceptors (Lipinski definition) is 6. The third-order valence-corrected chi connectivity index (χ3v) is 2.67. The zero-order chi connectivity index (χ0) is 15.1. The first kappa shape index (κ1) is 16.0. The number of nitrogens with zero attached hydrogens (tertiary/aromatic N) is 2. The Hall–Kier alpha value is -2.05. The van der Waals surface area contributed by atoms with Crippen molar-refractivity contribution >= 4 is 17.6 Å². The van der Waals surface area contributed by atoms with E-state index in [9.17, 15) is 9.59 Å². The van der Waals surface area contributed by atoms with Crippen LogP contribution in [0.25, 0.3) is 0 Å². The van der Waals surface area contributed by atoms with E-state index in [0.717, 1.165) is 6.42 Å². The van der Waals surface area contributed by atoms with Crippen LogP contribution in [-0.4, -0.2) is 34.9 Å². The van der Waals surface area contributed by atoms with Gasteiger partial charge < -0.3 is 15.2 Å². The Kier molecular flexibility index (Phi) is 6.02. The maximum atomic E-state index is 11.9. The Labute approximate surface area is 118 Å². The molecule has 1 rings (SSSR count). The number of ether oxygens (including phenoxy) is 2. The van der Waals surface area contributed by atoms with Crippen LogP contribution in [0.4, 0.5) is 5.69 Å². The lowest BCUT2D eigenvalue weighted by atomic mass is 10.2. The van der Waals surface area contributed by atoms with Crippen LogP contribution >= 0.6 is 0 Å². The highest BCUT2D eigenvalue weighted by atomic mass is 16.5. The molecule has 1 unspecified atom stereocenters. The van der Waals surface area contributed by atoms with Crippen molar-refractivity contribution in [1.82, 2.24) is 9.78 Å². The van der Waals surface area contributed by atoms with Crippen molar-refractivity contribution < 1.29 is 19.1 Å². The number of carbonyl (C=O) groups is 2. The molecule has 1 atom stereocenters. The molecule has 0 bridgehead atoms. The minimum atomic E-state index is -0.595. The Balaban J connectivity index is 3.00. The van der Waals surface area contributed by atoms with E-state index in [1.54, 1.807) is 13.8 Å². The summed E-state index contributed by atoms with van der Waals surface area (Å²) in [5.74, 6) is -0.977. The molecule has 112 valence electrons. The molecular weight excluding hydrogens is 262 g/mol. The maximum absolute atomic E-state index is 11.9. The highest BCUT2D eigenvalue weighted by Crippen LogP contribution is 2.19. The summed E-state index contributed by atoms with van der Waals surface area (Å²) in [4.78, 5) is 23.6. The van der Waals surface area contributed by atoms with Gasteiger partial charge in [0.1, 0.15) is 6.04 Å². The lowest BCUT2D eigenvalue weighted by Crippen LogP contribution is -2.23. The van der Waals surface area contributed by atoms with Crippen molar-refractivity contribution in [2.45, 2.75) is 39.7 Å². The number of aromatic nitrogens is 2. The summed E-state index contributed by atoms with van der Waals surface area (Å²) in [6, 6.07) is -0.578. The van der Waals surface area contributed by atoms with Gasteiger partial charge in [0.15, 0.2) is 5.69 Å². The molecular formula is C13H21N3O4. The predicted octanol–water partition coefficient (Wildman–Crippen LogP) is 1.55.